The van der Waals surface area contributed by atoms with Crippen molar-refractivity contribution >= 4 is 50.0 Å². The zero-order valence-electron chi connectivity index (χ0n) is 17.7. The highest BCUT2D eigenvalue weighted by molar-refractivity contribution is 9.10. The molecule has 0 saturated carbocycles. The Kier molecular flexibility index (Phi) is 6.72. The first-order valence-corrected chi connectivity index (χ1v) is 11.7. The lowest BCUT2D eigenvalue weighted by molar-refractivity contribution is -0.141. The van der Waals surface area contributed by atoms with Crippen LogP contribution in [0.4, 0.5) is 0 Å². The molecule has 0 radical (unpaired) electrons. The summed E-state index contributed by atoms with van der Waals surface area (Å²) in [7, 11) is 1.32. The average molecular weight is 512 g/mol. The number of aromatic nitrogens is 2. The van der Waals surface area contributed by atoms with Crippen LogP contribution in [0, 0.1) is 6.92 Å². The van der Waals surface area contributed by atoms with E-state index >= 15 is 0 Å². The second-order valence-electron chi connectivity index (χ2n) is 7.33. The van der Waals surface area contributed by atoms with E-state index in [-0.39, 0.29) is 12.5 Å². The lowest BCUT2D eigenvalue weighted by atomic mass is 10.1. The van der Waals surface area contributed by atoms with Gasteiger partial charge in [-0.2, -0.15) is 0 Å². The second-order valence-corrected chi connectivity index (χ2v) is 9.45. The maximum absolute atomic E-state index is 13.6. The predicted molar refractivity (Wildman–Crippen MR) is 130 cm³/mol. The third-order valence-electron chi connectivity index (χ3n) is 5.18. The van der Waals surface area contributed by atoms with E-state index in [2.05, 4.69) is 25.9 Å². The van der Waals surface area contributed by atoms with Gasteiger partial charge in [0.2, 0.25) is 0 Å². The number of ether oxygens (including phenoxy) is 1. The van der Waals surface area contributed by atoms with Crippen molar-refractivity contribution in [3.63, 3.8) is 0 Å². The van der Waals surface area contributed by atoms with Crippen molar-refractivity contribution in [2.45, 2.75) is 13.3 Å². The molecular weight excluding hydrogens is 490 g/mol. The number of hydrogen-bond acceptors (Lipinski definition) is 5. The van der Waals surface area contributed by atoms with Crippen LogP contribution in [0.5, 0.6) is 0 Å². The molecule has 0 spiro atoms. The monoisotopic (exact) mass is 511 g/mol. The van der Waals surface area contributed by atoms with Gasteiger partial charge in [0.05, 0.1) is 17.0 Å². The van der Waals surface area contributed by atoms with Crippen molar-refractivity contribution in [2.75, 3.05) is 20.2 Å². The van der Waals surface area contributed by atoms with Crippen LogP contribution < -0.4 is 0 Å². The number of nitrogens with zero attached hydrogens (tertiary/aromatic N) is 2. The Morgan fingerprint density at radius 1 is 1.19 bits per heavy atom. The van der Waals surface area contributed by atoms with Crippen LogP contribution in [0.15, 0.2) is 59.2 Å². The fourth-order valence-corrected chi connectivity index (χ4v) is 4.92. The molecule has 0 bridgehead atoms. The maximum atomic E-state index is 13.6. The Balaban J connectivity index is 1.63. The molecule has 0 aliphatic heterocycles. The minimum Gasteiger partial charge on any atom is -0.468 e. The van der Waals surface area contributed by atoms with E-state index in [1.54, 1.807) is 0 Å². The maximum Gasteiger partial charge on any atom is 0.325 e. The van der Waals surface area contributed by atoms with Crippen LogP contribution in [0.3, 0.4) is 0 Å². The molecule has 2 aromatic carbocycles. The van der Waals surface area contributed by atoms with Crippen molar-refractivity contribution in [3.05, 3.63) is 75.5 Å². The summed E-state index contributed by atoms with van der Waals surface area (Å²) < 4.78 is 5.77. The number of carbonyl (C=O) groups excluding carboxylic acids is 2. The summed E-state index contributed by atoms with van der Waals surface area (Å²) in [6, 6.07) is 15.8. The number of aromatic amines is 1. The number of nitrogens with one attached hydrogen (secondary N) is 1. The second kappa shape index (κ2) is 9.67. The number of para-hydroxylation sites is 1. The number of rotatable bonds is 7. The zero-order valence-corrected chi connectivity index (χ0v) is 20.1. The quantitative estimate of drug-likeness (QED) is 0.345. The molecule has 164 valence electrons. The molecule has 4 aromatic rings. The molecule has 4 rings (SSSR count). The van der Waals surface area contributed by atoms with Gasteiger partial charge in [-0.15, -0.1) is 11.3 Å². The van der Waals surface area contributed by atoms with Crippen LogP contribution in [0.1, 0.15) is 21.1 Å². The molecule has 32 heavy (non-hydrogen) atoms. The summed E-state index contributed by atoms with van der Waals surface area (Å²) in [4.78, 5) is 35.7. The van der Waals surface area contributed by atoms with Crippen molar-refractivity contribution in [2.24, 2.45) is 0 Å². The third kappa shape index (κ3) is 4.76. The van der Waals surface area contributed by atoms with E-state index in [1.807, 2.05) is 61.7 Å². The normalized spacial score (nSPS) is 11.0. The van der Waals surface area contributed by atoms with E-state index in [0.29, 0.717) is 18.7 Å². The van der Waals surface area contributed by atoms with Crippen LogP contribution in [0.2, 0.25) is 0 Å². The number of H-pyrrole nitrogens is 1. The first kappa shape index (κ1) is 22.2. The van der Waals surface area contributed by atoms with E-state index in [1.165, 1.54) is 23.3 Å². The van der Waals surface area contributed by atoms with E-state index in [0.717, 1.165) is 36.4 Å². The number of thiazole rings is 1. The number of amides is 1. The Morgan fingerprint density at radius 2 is 2.00 bits per heavy atom. The fourth-order valence-electron chi connectivity index (χ4n) is 3.61. The molecule has 0 aliphatic carbocycles. The molecule has 0 atom stereocenters. The highest BCUT2D eigenvalue weighted by Gasteiger charge is 2.26. The van der Waals surface area contributed by atoms with Crippen LogP contribution in [-0.2, 0) is 16.0 Å². The summed E-state index contributed by atoms with van der Waals surface area (Å²) in [5.41, 5.74) is 3.39. The topological polar surface area (TPSA) is 75.3 Å². The molecule has 1 N–H and O–H groups in total. The summed E-state index contributed by atoms with van der Waals surface area (Å²) >= 11 is 4.95. The zero-order chi connectivity index (χ0) is 22.7. The van der Waals surface area contributed by atoms with Crippen molar-refractivity contribution in [3.8, 4) is 10.4 Å². The largest absolute Gasteiger partial charge is 0.468 e. The highest BCUT2D eigenvalue weighted by Crippen LogP contribution is 2.32. The van der Waals surface area contributed by atoms with E-state index < -0.39 is 5.97 Å². The first-order chi connectivity index (χ1) is 15.5. The number of hydrogen-bond donors (Lipinski definition) is 1. The van der Waals surface area contributed by atoms with Gasteiger partial charge in [0.25, 0.3) is 5.91 Å². The summed E-state index contributed by atoms with van der Waals surface area (Å²) in [5.74, 6) is -0.747. The Labute approximate surface area is 198 Å². The van der Waals surface area contributed by atoms with Crippen molar-refractivity contribution in [1.82, 2.24) is 14.9 Å². The first-order valence-electron chi connectivity index (χ1n) is 10.1. The van der Waals surface area contributed by atoms with Gasteiger partial charge < -0.3 is 14.6 Å². The van der Waals surface area contributed by atoms with Crippen LogP contribution >= 0.6 is 27.3 Å². The number of methoxy groups -OCH3 is 1. The summed E-state index contributed by atoms with van der Waals surface area (Å²) in [6.07, 6.45) is 2.55. The summed E-state index contributed by atoms with van der Waals surface area (Å²) in [6.45, 7) is 2.11. The van der Waals surface area contributed by atoms with Crippen molar-refractivity contribution < 1.29 is 14.3 Å². The number of aryl methyl sites for hydroxylation is 1. The van der Waals surface area contributed by atoms with Gasteiger partial charge in [0.1, 0.15) is 12.2 Å². The molecule has 8 heteroatoms. The number of esters is 1. The minimum absolute atomic E-state index is 0.133. The molecule has 2 heterocycles. The fraction of sp³-hybridized carbons (Fsp3) is 0.208. The van der Waals surface area contributed by atoms with Crippen LogP contribution in [-0.4, -0.2) is 46.9 Å². The molecule has 0 aliphatic rings. The van der Waals surface area contributed by atoms with Crippen LogP contribution in [0.25, 0.3) is 21.3 Å². The number of carbonyl (C=O) groups is 2. The Bertz CT molecular complexity index is 1280. The SMILES string of the molecule is COC(=O)CN(CCc1c[nH]c2ccccc12)C(=O)c1nc(C)sc1-c1cccc(Br)c1. The Hall–Kier alpha value is -2.97. The van der Waals surface area contributed by atoms with Gasteiger partial charge in [-0.1, -0.05) is 46.3 Å². The number of halogens is 1. The molecule has 0 saturated heterocycles. The number of benzene rings is 2. The van der Waals surface area contributed by atoms with Gasteiger partial charge in [-0.25, -0.2) is 4.98 Å². The molecule has 0 fully saturated rings. The molecule has 6 nitrogen and oxygen atoms in total. The molecule has 0 unspecified atom stereocenters. The predicted octanol–water partition coefficient (Wildman–Crippen LogP) is 5.22. The van der Waals surface area contributed by atoms with E-state index in [4.69, 9.17) is 4.74 Å². The van der Waals surface area contributed by atoms with E-state index in [9.17, 15) is 9.59 Å². The minimum atomic E-state index is -0.465. The third-order valence-corrected chi connectivity index (χ3v) is 6.70. The Morgan fingerprint density at radius 3 is 2.78 bits per heavy atom. The van der Waals surface area contributed by atoms with Gasteiger partial charge in [-0.3, -0.25) is 9.59 Å². The lowest BCUT2D eigenvalue weighted by Gasteiger charge is -2.21. The summed E-state index contributed by atoms with van der Waals surface area (Å²) in [5, 5.41) is 1.90. The molecular formula is C24H22BrN3O3S. The lowest BCUT2D eigenvalue weighted by Crippen LogP contribution is -2.38. The van der Waals surface area contributed by atoms with Crippen molar-refractivity contribution in [1.29, 1.82) is 0 Å². The molecule has 2 aromatic heterocycles. The van der Waals surface area contributed by atoms with Gasteiger partial charge in [-0.05, 0) is 42.7 Å². The van der Waals surface area contributed by atoms with Gasteiger partial charge in [0.15, 0.2) is 0 Å². The molecule has 1 amide bonds. The average Bonchev–Trinajstić information content (AvgIpc) is 3.39. The highest BCUT2D eigenvalue weighted by atomic mass is 79.9. The smallest absolute Gasteiger partial charge is 0.325 e. The standard InChI is InChI=1S/C24H22BrN3O3S/c1-15-27-22(23(32-15)16-6-5-7-18(25)12-16)24(30)28(14-21(29)31-2)11-10-17-13-26-20-9-4-3-8-19(17)20/h3-9,12-13,26H,10-11,14H2,1-2H3. The van der Waals surface area contributed by atoms with Gasteiger partial charge >= 0.3 is 5.97 Å². The number of fused-ring (bicyclic) bond motifs is 1. The van der Waals surface area contributed by atoms with Gasteiger partial charge in [0, 0.05) is 28.1 Å².